The fraction of sp³-hybridized carbons (Fsp3) is 0.381. The summed E-state index contributed by atoms with van der Waals surface area (Å²) in [4.78, 5) is 11.6. The third kappa shape index (κ3) is 7.79. The Morgan fingerprint density at radius 1 is 0.967 bits per heavy atom. The Morgan fingerprint density at radius 2 is 1.47 bits per heavy atom. The highest BCUT2D eigenvalue weighted by Gasteiger charge is 2.26. The molecule has 0 saturated heterocycles. The van der Waals surface area contributed by atoms with Gasteiger partial charge >= 0.3 is 12.1 Å². The first-order chi connectivity index (χ1) is 13.8. The van der Waals surface area contributed by atoms with Crippen LogP contribution in [0.4, 0.5) is 13.2 Å². The lowest BCUT2D eigenvalue weighted by Crippen LogP contribution is -2.30. The summed E-state index contributed by atoms with van der Waals surface area (Å²) in [5.41, 5.74) is 2.28. The lowest BCUT2D eigenvalue weighted by molar-refractivity contribution is -0.191. The second-order valence-electron chi connectivity index (χ2n) is 7.37. The van der Waals surface area contributed by atoms with Crippen molar-refractivity contribution in [2.45, 2.75) is 50.0 Å². The number of esters is 1. The highest BCUT2D eigenvalue weighted by Crippen LogP contribution is 2.25. The van der Waals surface area contributed by atoms with E-state index in [1.54, 1.807) is 36.4 Å². The number of hydrogen-bond donors (Lipinski definition) is 1. The van der Waals surface area contributed by atoms with Crippen LogP contribution in [0.2, 0.25) is 0 Å². The van der Waals surface area contributed by atoms with Crippen molar-refractivity contribution in [3.63, 3.8) is 0 Å². The van der Waals surface area contributed by atoms with Gasteiger partial charge in [-0.05, 0) is 41.7 Å². The molecule has 0 aliphatic heterocycles. The fourth-order valence-corrected chi connectivity index (χ4v) is 3.84. The minimum absolute atomic E-state index is 0.0191. The number of benzene rings is 2. The molecule has 1 N–H and O–H groups in total. The molecule has 0 heterocycles. The Balaban J connectivity index is 2.03. The van der Waals surface area contributed by atoms with E-state index in [1.807, 2.05) is 0 Å². The Kier molecular flexibility index (Phi) is 7.31. The van der Waals surface area contributed by atoms with Gasteiger partial charge in [0.25, 0.3) is 0 Å². The van der Waals surface area contributed by atoms with E-state index in [2.05, 4.69) is 4.74 Å². The molecule has 0 aromatic heterocycles. The van der Waals surface area contributed by atoms with Gasteiger partial charge < -0.3 is 9.84 Å². The summed E-state index contributed by atoms with van der Waals surface area (Å²) in [7, 11) is -3.94. The van der Waals surface area contributed by atoms with Crippen molar-refractivity contribution < 1.29 is 36.2 Å². The molecule has 0 bridgehead atoms. The van der Waals surface area contributed by atoms with Crippen LogP contribution in [-0.2, 0) is 25.8 Å². The molecule has 0 amide bonds. The summed E-state index contributed by atoms with van der Waals surface area (Å²) in [5.74, 6) is -3.73. The van der Waals surface area contributed by atoms with Gasteiger partial charge in [0.2, 0.25) is 5.79 Å². The highest BCUT2D eigenvalue weighted by atomic mass is 32.2. The van der Waals surface area contributed by atoms with Crippen molar-refractivity contribution >= 4 is 15.8 Å². The predicted octanol–water partition coefficient (Wildman–Crippen LogP) is 4.28. The number of rotatable bonds is 8. The maximum Gasteiger partial charge on any atom is 0.389 e. The zero-order valence-electron chi connectivity index (χ0n) is 16.6. The summed E-state index contributed by atoms with van der Waals surface area (Å²) in [6, 6.07) is 12.9. The first kappa shape index (κ1) is 23.9. The van der Waals surface area contributed by atoms with Crippen LogP contribution in [-0.4, -0.2) is 37.2 Å². The van der Waals surface area contributed by atoms with Crippen molar-refractivity contribution in [1.29, 1.82) is 0 Å². The lowest BCUT2D eigenvalue weighted by atomic mass is 10.0. The summed E-state index contributed by atoms with van der Waals surface area (Å²) < 4.78 is 65.9. The van der Waals surface area contributed by atoms with E-state index < -0.39 is 39.9 Å². The van der Waals surface area contributed by atoms with E-state index in [9.17, 15) is 31.5 Å². The molecule has 0 radical (unpaired) electrons. The molecule has 2 aromatic carbocycles. The average molecular weight is 444 g/mol. The number of aliphatic hydroxyl groups is 1. The SMILES string of the molecule is CC(C)(O)OC(=O)CS(=O)(=O)c1ccc(-c2ccc(CCCC(F)(F)F)cc2)cc1. The molecule has 0 spiro atoms. The second-order valence-corrected chi connectivity index (χ2v) is 9.36. The molecular weight excluding hydrogens is 421 g/mol. The third-order valence-corrected chi connectivity index (χ3v) is 5.70. The van der Waals surface area contributed by atoms with E-state index in [1.165, 1.54) is 26.0 Å². The Bertz CT molecular complexity index is 958. The normalized spacial score (nSPS) is 12.6. The second kappa shape index (κ2) is 9.18. The predicted molar refractivity (Wildman–Crippen MR) is 105 cm³/mol. The first-order valence-corrected chi connectivity index (χ1v) is 10.8. The van der Waals surface area contributed by atoms with Gasteiger partial charge in [0.15, 0.2) is 15.6 Å². The van der Waals surface area contributed by atoms with Crippen LogP contribution >= 0.6 is 0 Å². The van der Waals surface area contributed by atoms with Crippen LogP contribution in [0.25, 0.3) is 11.1 Å². The number of alkyl halides is 3. The van der Waals surface area contributed by atoms with Crippen molar-refractivity contribution in [3.8, 4) is 11.1 Å². The van der Waals surface area contributed by atoms with Crippen LogP contribution in [0.5, 0.6) is 0 Å². The van der Waals surface area contributed by atoms with Crippen LogP contribution in [0.15, 0.2) is 53.4 Å². The maximum absolute atomic E-state index is 12.3. The highest BCUT2D eigenvalue weighted by molar-refractivity contribution is 7.92. The lowest BCUT2D eigenvalue weighted by Gasteiger charge is -2.17. The Morgan fingerprint density at radius 3 is 1.93 bits per heavy atom. The van der Waals surface area contributed by atoms with Crippen LogP contribution in [0.1, 0.15) is 32.3 Å². The molecule has 5 nitrogen and oxygen atoms in total. The molecule has 30 heavy (non-hydrogen) atoms. The Hall–Kier alpha value is -2.39. The molecule has 0 fully saturated rings. The van der Waals surface area contributed by atoms with Gasteiger partial charge in [-0.25, -0.2) is 8.42 Å². The van der Waals surface area contributed by atoms with E-state index in [0.717, 1.165) is 16.7 Å². The molecule has 9 heteroatoms. The van der Waals surface area contributed by atoms with Gasteiger partial charge in [-0.1, -0.05) is 36.4 Å². The van der Waals surface area contributed by atoms with Crippen molar-refractivity contribution in [2.24, 2.45) is 0 Å². The monoisotopic (exact) mass is 444 g/mol. The molecular formula is C21H23F3O5S. The molecule has 2 rings (SSSR count). The molecule has 0 aliphatic rings. The molecule has 0 saturated carbocycles. The number of aryl methyl sites for hydroxylation is 1. The quantitative estimate of drug-likeness (QED) is 0.486. The zero-order chi connectivity index (χ0) is 22.6. The summed E-state index contributed by atoms with van der Waals surface area (Å²) in [6.45, 7) is 2.43. The molecule has 2 aromatic rings. The Labute approximate surface area is 173 Å². The number of sulfone groups is 1. The minimum Gasteiger partial charge on any atom is -0.433 e. The van der Waals surface area contributed by atoms with Gasteiger partial charge in [-0.3, -0.25) is 4.79 Å². The summed E-state index contributed by atoms with van der Waals surface area (Å²) >= 11 is 0. The van der Waals surface area contributed by atoms with Crippen LogP contribution < -0.4 is 0 Å². The standard InChI is InChI=1S/C21H23F3O5S/c1-20(2,26)29-19(25)14-30(27,28)18-11-9-17(10-12-18)16-7-5-15(6-8-16)4-3-13-21(22,23)24/h5-12,26H,3-4,13-14H2,1-2H3. The number of ether oxygens (including phenoxy) is 1. The van der Waals surface area contributed by atoms with Gasteiger partial charge in [-0.15, -0.1) is 0 Å². The van der Waals surface area contributed by atoms with Gasteiger partial charge in [-0.2, -0.15) is 13.2 Å². The van der Waals surface area contributed by atoms with Crippen molar-refractivity contribution in [1.82, 2.24) is 0 Å². The molecule has 164 valence electrons. The van der Waals surface area contributed by atoms with E-state index in [0.29, 0.717) is 6.42 Å². The topological polar surface area (TPSA) is 80.7 Å². The van der Waals surface area contributed by atoms with E-state index in [-0.39, 0.29) is 11.3 Å². The van der Waals surface area contributed by atoms with Crippen LogP contribution in [0, 0.1) is 0 Å². The third-order valence-electron chi connectivity index (χ3n) is 4.10. The number of carbonyl (C=O) groups excluding carboxylic acids is 1. The number of halogens is 3. The minimum atomic E-state index is -4.16. The number of carbonyl (C=O) groups is 1. The molecule has 0 atom stereocenters. The number of hydrogen-bond acceptors (Lipinski definition) is 5. The first-order valence-electron chi connectivity index (χ1n) is 9.18. The van der Waals surface area contributed by atoms with Crippen molar-refractivity contribution in [3.05, 3.63) is 54.1 Å². The van der Waals surface area contributed by atoms with Gasteiger partial charge in [0.05, 0.1) is 4.90 Å². The largest absolute Gasteiger partial charge is 0.433 e. The van der Waals surface area contributed by atoms with Crippen molar-refractivity contribution in [2.75, 3.05) is 5.75 Å². The summed E-state index contributed by atoms with van der Waals surface area (Å²) in [5, 5.41) is 9.43. The van der Waals surface area contributed by atoms with Gasteiger partial charge in [0, 0.05) is 20.3 Å². The molecule has 0 aliphatic carbocycles. The van der Waals surface area contributed by atoms with E-state index >= 15 is 0 Å². The zero-order valence-corrected chi connectivity index (χ0v) is 17.4. The van der Waals surface area contributed by atoms with Gasteiger partial charge in [0.1, 0.15) is 0 Å². The average Bonchev–Trinajstić information content (AvgIpc) is 2.59. The molecule has 0 unspecified atom stereocenters. The summed E-state index contributed by atoms with van der Waals surface area (Å²) in [6.07, 6.45) is -4.65. The fourth-order valence-electron chi connectivity index (χ4n) is 2.76. The van der Waals surface area contributed by atoms with E-state index in [4.69, 9.17) is 0 Å². The smallest absolute Gasteiger partial charge is 0.389 e. The maximum atomic E-state index is 12.3. The van der Waals surface area contributed by atoms with Crippen LogP contribution in [0.3, 0.4) is 0 Å².